The Morgan fingerprint density at radius 1 is 0.875 bits per heavy atom. The number of halogens is 1. The molecule has 0 spiro atoms. The first-order valence-electron chi connectivity index (χ1n) is 13.4. The maximum absolute atomic E-state index is 13.9. The normalized spacial score (nSPS) is 17.8. The van der Waals surface area contributed by atoms with Gasteiger partial charge in [-0.1, -0.05) is 72.3 Å². The number of rotatable bonds is 6. The molecule has 8 heteroatoms. The summed E-state index contributed by atoms with van der Waals surface area (Å²) in [5.41, 5.74) is 3.54. The molecule has 0 unspecified atom stereocenters. The van der Waals surface area contributed by atoms with Crippen LogP contribution in [0.4, 0.5) is 0 Å². The molecule has 2 amide bonds. The number of H-pyrrole nitrogens is 1. The van der Waals surface area contributed by atoms with Gasteiger partial charge in [0.05, 0.1) is 22.2 Å². The minimum atomic E-state index is -0.638. The van der Waals surface area contributed by atoms with E-state index in [0.29, 0.717) is 34.6 Å². The maximum Gasteiger partial charge on any atom is 0.294 e. The number of fused-ring (bicyclic) bond motifs is 1. The molecule has 0 aliphatic carbocycles. The van der Waals surface area contributed by atoms with Gasteiger partial charge in [-0.05, 0) is 37.1 Å². The van der Waals surface area contributed by atoms with Crippen molar-refractivity contribution >= 4 is 40.1 Å². The zero-order valence-electron chi connectivity index (χ0n) is 23.1. The van der Waals surface area contributed by atoms with Gasteiger partial charge < -0.3 is 14.8 Å². The minimum Gasteiger partial charge on any atom is -0.360 e. The summed E-state index contributed by atoms with van der Waals surface area (Å²) in [6.45, 7) is 5.39. The number of aromatic nitrogens is 1. The highest BCUT2D eigenvalue weighted by molar-refractivity contribution is 6.45. The van der Waals surface area contributed by atoms with Crippen molar-refractivity contribution in [1.82, 2.24) is 19.7 Å². The molecule has 1 fully saturated rings. The molecule has 1 aliphatic heterocycles. The van der Waals surface area contributed by atoms with Crippen LogP contribution in [0.2, 0.25) is 5.02 Å². The third-order valence-electron chi connectivity index (χ3n) is 7.70. The van der Waals surface area contributed by atoms with Crippen LogP contribution in [0, 0.1) is 0 Å². The summed E-state index contributed by atoms with van der Waals surface area (Å²) < 4.78 is 0. The van der Waals surface area contributed by atoms with E-state index >= 15 is 0 Å². The Bertz CT molecular complexity index is 1510. The van der Waals surface area contributed by atoms with Gasteiger partial charge in [0, 0.05) is 56.4 Å². The van der Waals surface area contributed by atoms with Crippen LogP contribution in [0.1, 0.15) is 51.7 Å². The second-order valence-electron chi connectivity index (χ2n) is 10.7. The predicted octanol–water partition coefficient (Wildman–Crippen LogP) is 5.42. The predicted molar refractivity (Wildman–Crippen MR) is 158 cm³/mol. The first-order chi connectivity index (χ1) is 19.2. The molecule has 7 nitrogen and oxygen atoms in total. The van der Waals surface area contributed by atoms with Crippen molar-refractivity contribution in [2.24, 2.45) is 0 Å². The molecule has 1 N–H and O–H groups in total. The Balaban J connectivity index is 1.44. The second-order valence-corrected chi connectivity index (χ2v) is 11.1. The van der Waals surface area contributed by atoms with E-state index in [2.05, 4.69) is 72.3 Å². The Kier molecular flexibility index (Phi) is 7.79. The van der Waals surface area contributed by atoms with Gasteiger partial charge in [0.1, 0.15) is 0 Å². The van der Waals surface area contributed by atoms with Crippen molar-refractivity contribution in [3.8, 4) is 0 Å². The number of ketones is 1. The summed E-state index contributed by atoms with van der Waals surface area (Å²) in [5.74, 6) is -1.46. The fourth-order valence-corrected chi connectivity index (χ4v) is 5.85. The first kappa shape index (κ1) is 27.6. The molecular weight excluding hydrogens is 524 g/mol. The van der Waals surface area contributed by atoms with E-state index in [4.69, 9.17) is 11.6 Å². The van der Waals surface area contributed by atoms with Gasteiger partial charge in [0.15, 0.2) is 0 Å². The third-order valence-corrected chi connectivity index (χ3v) is 8.01. The van der Waals surface area contributed by atoms with Gasteiger partial charge in [-0.25, -0.2) is 0 Å². The summed E-state index contributed by atoms with van der Waals surface area (Å²) in [4.78, 5) is 47.7. The average Bonchev–Trinajstić information content (AvgIpc) is 3.36. The zero-order valence-corrected chi connectivity index (χ0v) is 23.9. The van der Waals surface area contributed by atoms with Gasteiger partial charge in [-0.3, -0.25) is 19.3 Å². The molecule has 1 aliphatic rings. The standard InChI is InChI=1S/C32H33ClN4O3/c1-20-19-37(21(2)18-36(20)29(22-11-7-5-8-12-22)23-13-9-6-10-14-23)31(39)25-15-24-26(30(38)32(40)35(3)4)17-34-28(24)16-27(25)33/h5-17,20-21,29,34H,18-19H2,1-4H3/t20-,21+/m0/s1. The number of piperazine rings is 1. The number of Topliss-reactive ketones (excluding diaryl/α,β-unsaturated/α-hetero) is 1. The number of carbonyl (C=O) groups excluding carboxylic acids is 3. The van der Waals surface area contributed by atoms with Crippen molar-refractivity contribution in [3.05, 3.63) is 106 Å². The van der Waals surface area contributed by atoms with Crippen LogP contribution in [-0.4, -0.2) is 76.5 Å². The van der Waals surface area contributed by atoms with Crippen molar-refractivity contribution in [2.75, 3.05) is 27.2 Å². The molecule has 4 aromatic rings. The fourth-order valence-electron chi connectivity index (χ4n) is 5.61. The second kappa shape index (κ2) is 11.3. The maximum atomic E-state index is 13.9. The molecule has 40 heavy (non-hydrogen) atoms. The van der Waals surface area contributed by atoms with Gasteiger partial charge in [0.25, 0.3) is 17.6 Å². The van der Waals surface area contributed by atoms with Crippen molar-refractivity contribution in [3.63, 3.8) is 0 Å². The van der Waals surface area contributed by atoms with Crippen molar-refractivity contribution in [2.45, 2.75) is 32.0 Å². The first-order valence-corrected chi connectivity index (χ1v) is 13.8. The molecule has 0 saturated carbocycles. The van der Waals surface area contributed by atoms with Crippen LogP contribution in [0.25, 0.3) is 10.9 Å². The molecule has 206 valence electrons. The third kappa shape index (κ3) is 5.15. The van der Waals surface area contributed by atoms with E-state index in [1.54, 1.807) is 12.1 Å². The summed E-state index contributed by atoms with van der Waals surface area (Å²) in [5, 5.41) is 0.798. The highest BCUT2D eigenvalue weighted by atomic mass is 35.5. The molecular formula is C32H33ClN4O3. The van der Waals surface area contributed by atoms with E-state index in [-0.39, 0.29) is 29.6 Å². The van der Waals surface area contributed by atoms with Crippen molar-refractivity contribution < 1.29 is 14.4 Å². The molecule has 1 saturated heterocycles. The number of nitrogens with zero attached hydrogens (tertiary/aromatic N) is 3. The lowest BCUT2D eigenvalue weighted by Crippen LogP contribution is -2.58. The summed E-state index contributed by atoms with van der Waals surface area (Å²) >= 11 is 6.60. The molecule has 0 bridgehead atoms. The number of likely N-dealkylation sites (N-methyl/N-ethyl adjacent to an activating group) is 1. The van der Waals surface area contributed by atoms with Crippen LogP contribution in [0.15, 0.2) is 79.0 Å². The summed E-state index contributed by atoms with van der Waals surface area (Å²) in [6.07, 6.45) is 1.50. The SMILES string of the molecule is C[C@@H]1CN(C(c2ccccc2)c2ccccc2)[C@@H](C)CN1C(=O)c1cc2c(C(=O)C(=O)N(C)C)c[nH]c2cc1Cl. The number of benzene rings is 3. The molecule has 0 radical (unpaired) electrons. The Morgan fingerprint density at radius 3 is 2.05 bits per heavy atom. The Morgan fingerprint density at radius 2 is 1.48 bits per heavy atom. The topological polar surface area (TPSA) is 76.7 Å². The van der Waals surface area contributed by atoms with E-state index < -0.39 is 11.7 Å². The number of hydrogen-bond donors (Lipinski definition) is 1. The lowest BCUT2D eigenvalue weighted by molar-refractivity contribution is -0.124. The quantitative estimate of drug-likeness (QED) is 0.254. The molecule has 3 aromatic carbocycles. The summed E-state index contributed by atoms with van der Waals surface area (Å²) in [7, 11) is 3.06. The number of carbonyl (C=O) groups is 3. The molecule has 2 atom stereocenters. The smallest absolute Gasteiger partial charge is 0.294 e. The number of hydrogen-bond acceptors (Lipinski definition) is 4. The zero-order chi connectivity index (χ0) is 28.6. The van der Waals surface area contributed by atoms with Gasteiger partial charge in [-0.15, -0.1) is 0 Å². The largest absolute Gasteiger partial charge is 0.360 e. The molecule has 2 heterocycles. The van der Waals surface area contributed by atoms with Crippen molar-refractivity contribution in [1.29, 1.82) is 0 Å². The lowest BCUT2D eigenvalue weighted by atomic mass is 9.93. The van der Waals surface area contributed by atoms with Crippen LogP contribution >= 0.6 is 11.6 Å². The van der Waals surface area contributed by atoms with Gasteiger partial charge >= 0.3 is 0 Å². The highest BCUT2D eigenvalue weighted by Gasteiger charge is 2.37. The van der Waals surface area contributed by atoms with Crippen LogP contribution in [-0.2, 0) is 4.79 Å². The Hall–Kier alpha value is -3.94. The lowest BCUT2D eigenvalue weighted by Gasteiger charge is -2.47. The Labute approximate surface area is 239 Å². The van der Waals surface area contributed by atoms with E-state index in [1.165, 1.54) is 36.3 Å². The highest BCUT2D eigenvalue weighted by Crippen LogP contribution is 2.34. The summed E-state index contributed by atoms with van der Waals surface area (Å²) in [6, 6.07) is 24.2. The van der Waals surface area contributed by atoms with E-state index in [9.17, 15) is 14.4 Å². The van der Waals surface area contributed by atoms with Crippen LogP contribution < -0.4 is 0 Å². The van der Waals surface area contributed by atoms with Crippen LogP contribution in [0.3, 0.4) is 0 Å². The number of aromatic amines is 1. The molecule has 5 rings (SSSR count). The number of amides is 2. The average molecular weight is 557 g/mol. The van der Waals surface area contributed by atoms with E-state index in [0.717, 1.165) is 0 Å². The number of nitrogens with one attached hydrogen (secondary N) is 1. The van der Waals surface area contributed by atoms with E-state index in [1.807, 2.05) is 17.0 Å². The fraction of sp³-hybridized carbons (Fsp3) is 0.281. The van der Waals surface area contributed by atoms with Crippen LogP contribution in [0.5, 0.6) is 0 Å². The van der Waals surface area contributed by atoms with Gasteiger partial charge in [-0.2, -0.15) is 0 Å². The monoisotopic (exact) mass is 556 g/mol. The minimum absolute atomic E-state index is 0.0553. The molecule has 1 aromatic heterocycles. The van der Waals surface area contributed by atoms with Gasteiger partial charge in [0.2, 0.25) is 0 Å².